The zero-order valence-electron chi connectivity index (χ0n) is 30.3. The normalized spacial score (nSPS) is 12.3. The Morgan fingerprint density at radius 3 is 1.22 bits per heavy atom. The Balaban J connectivity index is 1.23. The molecule has 0 radical (unpaired) electrons. The highest BCUT2D eigenvalue weighted by Gasteiger charge is 2.38. The van der Waals surface area contributed by atoms with Crippen LogP contribution < -0.4 is 0 Å². The van der Waals surface area contributed by atoms with Crippen molar-refractivity contribution in [2.24, 2.45) is 0 Å². The molecule has 0 fully saturated rings. The van der Waals surface area contributed by atoms with Gasteiger partial charge < -0.3 is 9.47 Å². The van der Waals surface area contributed by atoms with Gasteiger partial charge in [0.2, 0.25) is 0 Å². The number of rotatable bonds is 27. The van der Waals surface area contributed by atoms with E-state index >= 15 is 0 Å². The Bertz CT molecular complexity index is 1230. The molecule has 4 aromatic rings. The molecule has 0 saturated carbocycles. The van der Waals surface area contributed by atoms with E-state index in [9.17, 15) is 0 Å². The van der Waals surface area contributed by atoms with E-state index in [0.29, 0.717) is 13.2 Å². The van der Waals surface area contributed by atoms with Crippen LogP contribution in [0.4, 0.5) is 0 Å². The van der Waals surface area contributed by atoms with Crippen molar-refractivity contribution in [1.29, 1.82) is 0 Å². The molecule has 0 aromatic heterocycles. The molecular weight excluding hydrogens is 617 g/mol. The average molecular weight is 679 g/mol. The minimum absolute atomic E-state index is 0.152. The molecule has 3 heteroatoms. The van der Waals surface area contributed by atoms with E-state index in [-0.39, 0.29) is 5.25 Å². The predicted molar refractivity (Wildman–Crippen MR) is 212 cm³/mol. The Labute approximate surface area is 303 Å². The highest BCUT2D eigenvalue weighted by Crippen LogP contribution is 2.41. The van der Waals surface area contributed by atoms with E-state index in [2.05, 4.69) is 128 Å². The van der Waals surface area contributed by atoms with Gasteiger partial charge in [-0.25, -0.2) is 0 Å². The molecule has 1 atom stereocenters. The number of hydrogen-bond acceptors (Lipinski definition) is 3. The minimum atomic E-state index is -0.729. The van der Waals surface area contributed by atoms with Gasteiger partial charge in [-0.15, -0.1) is 11.8 Å². The van der Waals surface area contributed by atoms with Gasteiger partial charge in [-0.3, -0.25) is 0 Å². The van der Waals surface area contributed by atoms with E-state index in [1.54, 1.807) is 0 Å². The van der Waals surface area contributed by atoms with Crippen LogP contribution in [0, 0.1) is 0 Å². The highest BCUT2D eigenvalue weighted by molar-refractivity contribution is 8.00. The minimum Gasteiger partial charge on any atom is -0.380 e. The molecule has 0 spiro atoms. The van der Waals surface area contributed by atoms with Gasteiger partial charge in [0.05, 0.1) is 18.5 Å². The first-order valence-corrected chi connectivity index (χ1v) is 20.3. The SMILES string of the molecule is CCCCCCCCCCCCCCCCCCOCC(COC(c1ccccc1)(c1ccccc1)c1ccccc1)Sc1ccccc1. The fourth-order valence-corrected chi connectivity index (χ4v) is 7.76. The third-order valence-corrected chi connectivity index (χ3v) is 10.7. The second kappa shape index (κ2) is 24.3. The molecule has 4 aromatic carbocycles. The van der Waals surface area contributed by atoms with Gasteiger partial charge in [-0.2, -0.15) is 0 Å². The molecule has 0 bridgehead atoms. The Morgan fingerprint density at radius 2 is 0.816 bits per heavy atom. The summed E-state index contributed by atoms with van der Waals surface area (Å²) in [7, 11) is 0. The topological polar surface area (TPSA) is 18.5 Å². The first kappa shape index (κ1) is 38.9. The summed E-state index contributed by atoms with van der Waals surface area (Å²) in [5.74, 6) is 0. The molecule has 0 aliphatic carbocycles. The molecule has 0 aliphatic heterocycles. The maximum Gasteiger partial charge on any atom is 0.143 e. The summed E-state index contributed by atoms with van der Waals surface area (Å²) in [4.78, 5) is 1.24. The van der Waals surface area contributed by atoms with Crippen LogP contribution in [0.5, 0.6) is 0 Å². The second-order valence-corrected chi connectivity index (χ2v) is 14.9. The fraction of sp³-hybridized carbons (Fsp3) is 0.478. The lowest BCUT2D eigenvalue weighted by Crippen LogP contribution is -2.36. The third kappa shape index (κ3) is 14.1. The van der Waals surface area contributed by atoms with Crippen molar-refractivity contribution in [3.8, 4) is 0 Å². The van der Waals surface area contributed by atoms with Crippen molar-refractivity contribution >= 4 is 11.8 Å². The molecule has 0 saturated heterocycles. The molecule has 2 nitrogen and oxygen atoms in total. The van der Waals surface area contributed by atoms with E-state index in [0.717, 1.165) is 29.7 Å². The first-order valence-electron chi connectivity index (χ1n) is 19.4. The Morgan fingerprint density at radius 1 is 0.449 bits per heavy atom. The van der Waals surface area contributed by atoms with Gasteiger partial charge in [-0.05, 0) is 35.2 Å². The molecule has 0 aliphatic rings. The lowest BCUT2D eigenvalue weighted by Gasteiger charge is -2.37. The van der Waals surface area contributed by atoms with Crippen molar-refractivity contribution in [3.05, 3.63) is 138 Å². The summed E-state index contributed by atoms with van der Waals surface area (Å²) in [6, 6.07) is 42.7. The lowest BCUT2D eigenvalue weighted by molar-refractivity contribution is 0.00243. The highest BCUT2D eigenvalue weighted by atomic mass is 32.2. The van der Waals surface area contributed by atoms with Gasteiger partial charge in [0.25, 0.3) is 0 Å². The molecular formula is C46H62O2S. The van der Waals surface area contributed by atoms with Crippen LogP contribution in [0.1, 0.15) is 126 Å². The quantitative estimate of drug-likeness (QED) is 0.0355. The van der Waals surface area contributed by atoms with Gasteiger partial charge in [0.1, 0.15) is 5.60 Å². The maximum atomic E-state index is 7.21. The zero-order valence-corrected chi connectivity index (χ0v) is 31.1. The van der Waals surface area contributed by atoms with E-state index in [1.165, 1.54) is 101 Å². The van der Waals surface area contributed by atoms with Crippen LogP contribution in [-0.2, 0) is 15.1 Å². The van der Waals surface area contributed by atoms with Crippen LogP contribution in [0.2, 0.25) is 0 Å². The van der Waals surface area contributed by atoms with Crippen molar-refractivity contribution in [1.82, 2.24) is 0 Å². The van der Waals surface area contributed by atoms with Crippen LogP contribution in [-0.4, -0.2) is 25.1 Å². The fourth-order valence-electron chi connectivity index (χ4n) is 6.76. The molecule has 0 amide bonds. The van der Waals surface area contributed by atoms with Crippen molar-refractivity contribution in [2.75, 3.05) is 19.8 Å². The molecule has 49 heavy (non-hydrogen) atoms. The summed E-state index contributed by atoms with van der Waals surface area (Å²) < 4.78 is 13.6. The van der Waals surface area contributed by atoms with Gasteiger partial charge >= 0.3 is 0 Å². The lowest BCUT2D eigenvalue weighted by atomic mass is 9.80. The third-order valence-electron chi connectivity index (χ3n) is 9.52. The van der Waals surface area contributed by atoms with Gasteiger partial charge in [-0.1, -0.05) is 212 Å². The van der Waals surface area contributed by atoms with Crippen LogP contribution >= 0.6 is 11.8 Å². The van der Waals surface area contributed by atoms with Crippen LogP contribution in [0.25, 0.3) is 0 Å². The Hall–Kier alpha value is -2.85. The second-order valence-electron chi connectivity index (χ2n) is 13.5. The summed E-state index contributed by atoms with van der Waals surface area (Å²) in [6.07, 6.45) is 22.1. The molecule has 1 unspecified atom stereocenters. The van der Waals surface area contributed by atoms with Crippen molar-refractivity contribution < 1.29 is 9.47 Å². The molecule has 4 rings (SSSR count). The molecule has 0 heterocycles. The number of benzene rings is 4. The number of hydrogen-bond donors (Lipinski definition) is 0. The number of unbranched alkanes of at least 4 members (excludes halogenated alkanes) is 15. The Kier molecular flexibility index (Phi) is 19.3. The zero-order chi connectivity index (χ0) is 34.1. The molecule has 0 N–H and O–H groups in total. The van der Waals surface area contributed by atoms with Crippen molar-refractivity contribution in [3.63, 3.8) is 0 Å². The summed E-state index contributed by atoms with van der Waals surface area (Å²) in [6.45, 7) is 4.32. The standard InChI is InChI=1S/C46H62O2S/c1-2-3-4-5-6-7-8-9-10-11-12-13-14-15-16-29-38-47-39-45(49-44-36-27-20-28-37-44)40-48-46(41-30-21-17-22-31-41,42-32-23-18-24-33-42)43-34-25-19-26-35-43/h17-28,30-37,45H,2-16,29,38-40H2,1H3. The van der Waals surface area contributed by atoms with E-state index in [4.69, 9.17) is 9.47 Å². The number of thioether (sulfide) groups is 1. The summed E-state index contributed by atoms with van der Waals surface area (Å²) in [5, 5.41) is 0.152. The smallest absolute Gasteiger partial charge is 0.143 e. The predicted octanol–water partition coefficient (Wildman–Crippen LogP) is 13.4. The van der Waals surface area contributed by atoms with E-state index in [1.807, 2.05) is 11.8 Å². The maximum absolute atomic E-state index is 7.21. The van der Waals surface area contributed by atoms with E-state index < -0.39 is 5.60 Å². The van der Waals surface area contributed by atoms with Gasteiger partial charge in [0.15, 0.2) is 0 Å². The van der Waals surface area contributed by atoms with Crippen LogP contribution in [0.3, 0.4) is 0 Å². The monoisotopic (exact) mass is 678 g/mol. The number of ether oxygens (including phenoxy) is 2. The summed E-state index contributed by atoms with van der Waals surface area (Å²) >= 11 is 1.85. The van der Waals surface area contributed by atoms with Gasteiger partial charge in [0, 0.05) is 11.5 Å². The van der Waals surface area contributed by atoms with Crippen LogP contribution in [0.15, 0.2) is 126 Å². The van der Waals surface area contributed by atoms with Crippen molar-refractivity contribution in [2.45, 2.75) is 125 Å². The largest absolute Gasteiger partial charge is 0.380 e. The first-order chi connectivity index (χ1) is 24.3. The average Bonchev–Trinajstić information content (AvgIpc) is 3.16. The summed E-state index contributed by atoms with van der Waals surface area (Å²) in [5.41, 5.74) is 2.66. The molecule has 264 valence electrons.